The Bertz CT molecular complexity index is 1420. The van der Waals surface area contributed by atoms with Gasteiger partial charge in [0.05, 0.1) is 22.9 Å². The van der Waals surface area contributed by atoms with E-state index in [0.29, 0.717) is 23.4 Å². The highest BCUT2D eigenvalue weighted by Gasteiger charge is 2.38. The zero-order valence-electron chi connectivity index (χ0n) is 17.9. The quantitative estimate of drug-likeness (QED) is 0.568. The summed E-state index contributed by atoms with van der Waals surface area (Å²) < 4.78 is 66.7. The average Bonchev–Trinajstić information content (AvgIpc) is 3.20. The Labute approximate surface area is 192 Å². The van der Waals surface area contributed by atoms with Crippen molar-refractivity contribution in [1.82, 2.24) is 4.41 Å². The molecule has 1 atom stereocenters. The van der Waals surface area contributed by atoms with Crippen molar-refractivity contribution >= 4 is 31.4 Å². The van der Waals surface area contributed by atoms with E-state index in [1.54, 1.807) is 24.3 Å². The lowest BCUT2D eigenvalue weighted by molar-refractivity contribution is 0.370. The topological polar surface area (TPSA) is 95.9 Å². The Kier molecular flexibility index (Phi) is 5.98. The smallest absolute Gasteiger partial charge is 0.279 e. The number of nitrogens with zero attached hydrogens (tertiary/aromatic N) is 2. The number of rotatable bonds is 6. The van der Waals surface area contributed by atoms with Crippen molar-refractivity contribution in [2.45, 2.75) is 24.3 Å². The summed E-state index contributed by atoms with van der Waals surface area (Å²) in [5.74, 6) is -0.530. The van der Waals surface area contributed by atoms with Gasteiger partial charge in [-0.15, -0.1) is 0 Å². The Morgan fingerprint density at radius 2 is 1.58 bits per heavy atom. The largest absolute Gasteiger partial charge is 0.284 e. The van der Waals surface area contributed by atoms with Crippen molar-refractivity contribution in [3.05, 3.63) is 95.3 Å². The number of aryl methyl sites for hydroxylation is 1. The molecular weight excluding hydrogens is 465 g/mol. The van der Waals surface area contributed by atoms with Crippen molar-refractivity contribution < 1.29 is 21.2 Å². The lowest BCUT2D eigenvalue weighted by Gasteiger charge is -2.24. The number of hydrogen-bond acceptors (Lipinski definition) is 5. The van der Waals surface area contributed by atoms with Gasteiger partial charge in [-0.2, -0.15) is 17.9 Å². The Balaban J connectivity index is 1.75. The fourth-order valence-corrected chi connectivity index (χ4v) is 5.73. The molecule has 0 aliphatic carbocycles. The number of benzene rings is 3. The van der Waals surface area contributed by atoms with Crippen LogP contribution in [0.5, 0.6) is 0 Å². The fraction of sp³-hybridized carbons (Fsp3) is 0.174. The first-order valence-electron chi connectivity index (χ1n) is 10.1. The third-order valence-electron chi connectivity index (χ3n) is 5.30. The first kappa shape index (κ1) is 22.9. The van der Waals surface area contributed by atoms with Crippen LogP contribution in [0.3, 0.4) is 0 Å². The van der Waals surface area contributed by atoms with E-state index in [1.165, 1.54) is 12.1 Å². The number of hydrogen-bond donors (Lipinski definition) is 1. The first-order chi connectivity index (χ1) is 15.5. The molecule has 10 heteroatoms. The van der Waals surface area contributed by atoms with E-state index in [1.807, 2.05) is 31.2 Å². The van der Waals surface area contributed by atoms with E-state index < -0.39 is 31.9 Å². The molecule has 0 amide bonds. The second kappa shape index (κ2) is 8.60. The normalized spacial score (nSPS) is 16.5. The molecule has 4 rings (SSSR count). The number of halogens is 1. The molecule has 1 aliphatic heterocycles. The summed E-state index contributed by atoms with van der Waals surface area (Å²) in [5.41, 5.74) is 3.35. The van der Waals surface area contributed by atoms with Crippen molar-refractivity contribution in [2.75, 3.05) is 11.0 Å². The summed E-state index contributed by atoms with van der Waals surface area (Å²) in [6, 6.07) is 18.1. The minimum absolute atomic E-state index is 0.0554. The lowest BCUT2D eigenvalue weighted by atomic mass is 9.96. The highest BCUT2D eigenvalue weighted by molar-refractivity contribution is 7.92. The van der Waals surface area contributed by atoms with E-state index in [4.69, 9.17) is 0 Å². The van der Waals surface area contributed by atoms with Gasteiger partial charge in [0, 0.05) is 12.1 Å². The minimum Gasteiger partial charge on any atom is -0.284 e. The van der Waals surface area contributed by atoms with Crippen LogP contribution in [0.4, 0.5) is 10.1 Å². The van der Waals surface area contributed by atoms with Gasteiger partial charge in [-0.1, -0.05) is 36.4 Å². The second-order valence-electron chi connectivity index (χ2n) is 7.81. The lowest BCUT2D eigenvalue weighted by Crippen LogP contribution is -2.27. The summed E-state index contributed by atoms with van der Waals surface area (Å²) >= 11 is 0. The number of hydrazone groups is 1. The molecule has 0 unspecified atom stereocenters. The van der Waals surface area contributed by atoms with Crippen LogP contribution in [-0.2, 0) is 20.0 Å². The maximum Gasteiger partial charge on any atom is 0.279 e. The summed E-state index contributed by atoms with van der Waals surface area (Å²) in [6.45, 7) is 1.90. The molecular formula is C23H22FN3O4S2. The van der Waals surface area contributed by atoms with Crippen molar-refractivity contribution in [3.63, 3.8) is 0 Å². The summed E-state index contributed by atoms with van der Waals surface area (Å²) in [5, 5.41) is 4.46. The molecule has 1 N–H and O–H groups in total. The monoisotopic (exact) mass is 487 g/mol. The standard InChI is InChI=1S/C23H22FN3O4S2/c1-16-5-3-4-6-21(16)23-15-22(17-7-11-19(12-8-17)26-32(2,28)29)25-27(23)33(30,31)20-13-9-18(24)10-14-20/h3-14,23,26H,15H2,1-2H3/t23-/m1/s1. The SMILES string of the molecule is Cc1ccccc1[C@H]1CC(c2ccc(NS(C)(=O)=O)cc2)=NN1S(=O)(=O)c1ccc(F)cc1. The second-order valence-corrected chi connectivity index (χ2v) is 11.4. The van der Waals surface area contributed by atoms with Crippen LogP contribution >= 0.6 is 0 Å². The molecule has 0 saturated carbocycles. The summed E-state index contributed by atoms with van der Waals surface area (Å²) in [7, 11) is -7.47. The van der Waals surface area contributed by atoms with E-state index >= 15 is 0 Å². The molecule has 1 heterocycles. The van der Waals surface area contributed by atoms with E-state index in [9.17, 15) is 21.2 Å². The van der Waals surface area contributed by atoms with Crippen molar-refractivity contribution in [3.8, 4) is 0 Å². The highest BCUT2D eigenvalue weighted by atomic mass is 32.2. The molecule has 0 aromatic heterocycles. The van der Waals surface area contributed by atoms with Crippen LogP contribution in [0.1, 0.15) is 29.2 Å². The van der Waals surface area contributed by atoms with Gasteiger partial charge in [0.15, 0.2) is 0 Å². The molecule has 33 heavy (non-hydrogen) atoms. The van der Waals surface area contributed by atoms with Crippen LogP contribution in [-0.4, -0.2) is 33.2 Å². The predicted molar refractivity (Wildman–Crippen MR) is 125 cm³/mol. The fourth-order valence-electron chi connectivity index (χ4n) is 3.74. The van der Waals surface area contributed by atoms with Crippen LogP contribution in [0.2, 0.25) is 0 Å². The summed E-state index contributed by atoms with van der Waals surface area (Å²) in [6.07, 6.45) is 1.39. The number of anilines is 1. The Hall–Kier alpha value is -3.24. The minimum atomic E-state index is -4.06. The van der Waals surface area contributed by atoms with Crippen molar-refractivity contribution in [2.24, 2.45) is 5.10 Å². The molecule has 0 saturated heterocycles. The average molecular weight is 488 g/mol. The molecule has 1 aliphatic rings. The predicted octanol–water partition coefficient (Wildman–Crippen LogP) is 4.05. The van der Waals surface area contributed by atoms with Crippen LogP contribution in [0.25, 0.3) is 0 Å². The van der Waals surface area contributed by atoms with Gasteiger partial charge in [0.1, 0.15) is 5.82 Å². The molecule has 7 nitrogen and oxygen atoms in total. The Morgan fingerprint density at radius 3 is 2.18 bits per heavy atom. The third kappa shape index (κ3) is 4.91. The van der Waals surface area contributed by atoms with Crippen LogP contribution < -0.4 is 4.72 Å². The molecule has 172 valence electrons. The zero-order chi connectivity index (χ0) is 23.8. The van der Waals surface area contributed by atoms with Crippen molar-refractivity contribution in [1.29, 1.82) is 0 Å². The maximum absolute atomic E-state index is 13.4. The molecule has 0 spiro atoms. The zero-order valence-corrected chi connectivity index (χ0v) is 19.6. The van der Waals surface area contributed by atoms with E-state index in [0.717, 1.165) is 33.9 Å². The molecule has 0 fully saturated rings. The van der Waals surface area contributed by atoms with Crippen LogP contribution in [0.15, 0.2) is 82.8 Å². The van der Waals surface area contributed by atoms with Gasteiger partial charge in [-0.3, -0.25) is 4.72 Å². The molecule has 3 aromatic carbocycles. The van der Waals surface area contributed by atoms with Gasteiger partial charge < -0.3 is 0 Å². The van der Waals surface area contributed by atoms with Gasteiger partial charge >= 0.3 is 0 Å². The summed E-state index contributed by atoms with van der Waals surface area (Å²) in [4.78, 5) is -0.0554. The van der Waals surface area contributed by atoms with Gasteiger partial charge in [-0.05, 0) is 60.0 Å². The van der Waals surface area contributed by atoms with Gasteiger partial charge in [-0.25, -0.2) is 12.8 Å². The van der Waals surface area contributed by atoms with Gasteiger partial charge in [0.25, 0.3) is 10.0 Å². The van der Waals surface area contributed by atoms with E-state index in [-0.39, 0.29) is 4.90 Å². The first-order valence-corrected chi connectivity index (χ1v) is 13.4. The van der Waals surface area contributed by atoms with Gasteiger partial charge in [0.2, 0.25) is 10.0 Å². The van der Waals surface area contributed by atoms with E-state index in [2.05, 4.69) is 9.82 Å². The Morgan fingerprint density at radius 1 is 0.939 bits per heavy atom. The molecule has 0 bridgehead atoms. The highest BCUT2D eigenvalue weighted by Crippen LogP contribution is 2.38. The maximum atomic E-state index is 13.4. The molecule has 3 aromatic rings. The number of nitrogens with one attached hydrogen (secondary N) is 1. The third-order valence-corrected chi connectivity index (χ3v) is 7.60. The van der Waals surface area contributed by atoms with Crippen LogP contribution in [0, 0.1) is 12.7 Å². The molecule has 0 radical (unpaired) electrons. The number of sulfonamides is 2.